The molecule has 1 N–H and O–H groups in total. The van der Waals surface area contributed by atoms with Crippen LogP contribution in [0.4, 0.5) is 0 Å². The van der Waals surface area contributed by atoms with Gasteiger partial charge in [-0.15, -0.1) is 0 Å². The van der Waals surface area contributed by atoms with E-state index >= 15 is 0 Å². The summed E-state index contributed by atoms with van der Waals surface area (Å²) >= 11 is 0. The van der Waals surface area contributed by atoms with E-state index in [2.05, 4.69) is 30.4 Å². The highest BCUT2D eigenvalue weighted by Gasteiger charge is 2.31. The molecule has 0 fully saturated rings. The molecule has 2 heterocycles. The Morgan fingerprint density at radius 3 is 3.00 bits per heavy atom. The lowest BCUT2D eigenvalue weighted by molar-refractivity contribution is 0.210. The van der Waals surface area contributed by atoms with E-state index in [1.54, 1.807) is 0 Å². The van der Waals surface area contributed by atoms with E-state index < -0.39 is 0 Å². The van der Waals surface area contributed by atoms with Crippen LogP contribution in [0.1, 0.15) is 37.7 Å². The first kappa shape index (κ1) is 13.5. The predicted molar refractivity (Wildman–Crippen MR) is 80.0 cm³/mol. The van der Waals surface area contributed by atoms with Gasteiger partial charge >= 0.3 is 0 Å². The smallest absolute Gasteiger partial charge is 0.122 e. The molecule has 1 aromatic carbocycles. The molecule has 0 saturated heterocycles. The van der Waals surface area contributed by atoms with Crippen LogP contribution in [-0.2, 0) is 4.74 Å². The highest BCUT2D eigenvalue weighted by molar-refractivity contribution is 5.40. The SMILES string of the molecule is CCNC(C1=COCCC1)C1CCOc2ccccc21. The third-order valence-electron chi connectivity index (χ3n) is 4.19. The maximum Gasteiger partial charge on any atom is 0.122 e. The Morgan fingerprint density at radius 1 is 1.30 bits per heavy atom. The van der Waals surface area contributed by atoms with Gasteiger partial charge in [0.1, 0.15) is 5.75 Å². The van der Waals surface area contributed by atoms with Crippen LogP contribution in [0, 0.1) is 0 Å². The van der Waals surface area contributed by atoms with Gasteiger partial charge < -0.3 is 14.8 Å². The van der Waals surface area contributed by atoms with E-state index in [0.29, 0.717) is 12.0 Å². The Hall–Kier alpha value is -1.48. The summed E-state index contributed by atoms with van der Waals surface area (Å²) in [6, 6.07) is 8.80. The van der Waals surface area contributed by atoms with Crippen molar-refractivity contribution in [2.75, 3.05) is 19.8 Å². The van der Waals surface area contributed by atoms with Crippen molar-refractivity contribution in [2.24, 2.45) is 0 Å². The molecular weight excluding hydrogens is 250 g/mol. The van der Waals surface area contributed by atoms with E-state index in [4.69, 9.17) is 9.47 Å². The molecule has 0 amide bonds. The number of fused-ring (bicyclic) bond motifs is 1. The molecule has 2 aliphatic rings. The minimum atomic E-state index is 0.366. The van der Waals surface area contributed by atoms with Crippen molar-refractivity contribution in [2.45, 2.75) is 38.1 Å². The maximum absolute atomic E-state index is 5.79. The van der Waals surface area contributed by atoms with Crippen molar-refractivity contribution in [3.63, 3.8) is 0 Å². The fraction of sp³-hybridized carbons (Fsp3) is 0.529. The summed E-state index contributed by atoms with van der Waals surface area (Å²) in [5.74, 6) is 1.52. The zero-order chi connectivity index (χ0) is 13.8. The van der Waals surface area contributed by atoms with Gasteiger partial charge in [0.25, 0.3) is 0 Å². The number of para-hydroxylation sites is 1. The molecule has 2 atom stereocenters. The summed E-state index contributed by atoms with van der Waals surface area (Å²) < 4.78 is 11.3. The Labute approximate surface area is 121 Å². The zero-order valence-electron chi connectivity index (χ0n) is 12.1. The molecule has 0 bridgehead atoms. The molecule has 0 aliphatic carbocycles. The minimum absolute atomic E-state index is 0.366. The summed E-state index contributed by atoms with van der Waals surface area (Å²) in [5.41, 5.74) is 2.73. The molecule has 20 heavy (non-hydrogen) atoms. The van der Waals surface area contributed by atoms with E-state index in [1.807, 2.05) is 12.3 Å². The molecule has 1 aromatic rings. The van der Waals surface area contributed by atoms with E-state index in [9.17, 15) is 0 Å². The summed E-state index contributed by atoms with van der Waals surface area (Å²) in [6.45, 7) is 4.80. The Bertz CT molecular complexity index is 484. The van der Waals surface area contributed by atoms with E-state index in [0.717, 1.165) is 44.8 Å². The van der Waals surface area contributed by atoms with Gasteiger partial charge in [-0.05, 0) is 43.0 Å². The summed E-state index contributed by atoms with van der Waals surface area (Å²) in [4.78, 5) is 0. The number of rotatable bonds is 4. The summed E-state index contributed by atoms with van der Waals surface area (Å²) in [5, 5.41) is 3.66. The standard InChI is InChI=1S/C17H23NO2/c1-2-18-17(13-6-5-10-19-12-13)15-9-11-20-16-8-4-3-7-14(15)16/h3-4,7-8,12,15,17-18H,2,5-6,9-11H2,1H3. The molecule has 3 heteroatoms. The lowest BCUT2D eigenvalue weighted by atomic mass is 9.81. The molecule has 2 aliphatic heterocycles. The molecular formula is C17H23NO2. The lowest BCUT2D eigenvalue weighted by Crippen LogP contribution is -2.39. The van der Waals surface area contributed by atoms with Crippen molar-refractivity contribution in [1.29, 1.82) is 0 Å². The third kappa shape index (κ3) is 2.68. The highest BCUT2D eigenvalue weighted by atomic mass is 16.5. The van der Waals surface area contributed by atoms with Gasteiger partial charge in [0.15, 0.2) is 0 Å². The molecule has 0 radical (unpaired) electrons. The van der Waals surface area contributed by atoms with Crippen LogP contribution in [0.25, 0.3) is 0 Å². The lowest BCUT2D eigenvalue weighted by Gasteiger charge is -2.35. The molecule has 0 spiro atoms. The second-order valence-corrected chi connectivity index (χ2v) is 5.48. The normalized spacial score (nSPS) is 23.1. The van der Waals surface area contributed by atoms with Gasteiger partial charge in [0.2, 0.25) is 0 Å². The Morgan fingerprint density at radius 2 is 2.20 bits per heavy atom. The predicted octanol–water partition coefficient (Wildman–Crippen LogP) is 3.23. The van der Waals surface area contributed by atoms with Crippen LogP contribution in [0.5, 0.6) is 5.75 Å². The molecule has 3 nitrogen and oxygen atoms in total. The first-order valence-electron chi connectivity index (χ1n) is 7.66. The number of hydrogen-bond donors (Lipinski definition) is 1. The Balaban J connectivity index is 1.90. The second-order valence-electron chi connectivity index (χ2n) is 5.48. The minimum Gasteiger partial charge on any atom is -0.501 e. The number of ether oxygens (including phenoxy) is 2. The van der Waals surface area contributed by atoms with Crippen molar-refractivity contribution in [3.05, 3.63) is 41.7 Å². The van der Waals surface area contributed by atoms with Crippen molar-refractivity contribution >= 4 is 0 Å². The largest absolute Gasteiger partial charge is 0.501 e. The van der Waals surface area contributed by atoms with Crippen LogP contribution in [0.15, 0.2) is 36.1 Å². The number of benzene rings is 1. The van der Waals surface area contributed by atoms with Crippen molar-refractivity contribution in [1.82, 2.24) is 5.32 Å². The van der Waals surface area contributed by atoms with Crippen LogP contribution in [0.3, 0.4) is 0 Å². The molecule has 3 rings (SSSR count). The molecule has 0 aromatic heterocycles. The van der Waals surface area contributed by atoms with Gasteiger partial charge in [-0.1, -0.05) is 25.1 Å². The first-order valence-corrected chi connectivity index (χ1v) is 7.66. The zero-order valence-corrected chi connectivity index (χ0v) is 12.1. The van der Waals surface area contributed by atoms with Gasteiger partial charge in [0, 0.05) is 12.0 Å². The number of hydrogen-bond acceptors (Lipinski definition) is 3. The van der Waals surface area contributed by atoms with Crippen LogP contribution in [0.2, 0.25) is 0 Å². The second kappa shape index (κ2) is 6.31. The van der Waals surface area contributed by atoms with Crippen LogP contribution >= 0.6 is 0 Å². The van der Waals surface area contributed by atoms with E-state index in [-0.39, 0.29) is 0 Å². The van der Waals surface area contributed by atoms with Crippen molar-refractivity contribution in [3.8, 4) is 5.75 Å². The summed E-state index contributed by atoms with van der Waals surface area (Å²) in [7, 11) is 0. The van der Waals surface area contributed by atoms with Crippen LogP contribution < -0.4 is 10.1 Å². The highest BCUT2D eigenvalue weighted by Crippen LogP contribution is 2.38. The molecule has 108 valence electrons. The van der Waals surface area contributed by atoms with E-state index in [1.165, 1.54) is 11.1 Å². The van der Waals surface area contributed by atoms with Gasteiger partial charge in [-0.3, -0.25) is 0 Å². The fourth-order valence-corrected chi connectivity index (χ4v) is 3.28. The third-order valence-corrected chi connectivity index (χ3v) is 4.19. The fourth-order valence-electron chi connectivity index (χ4n) is 3.28. The maximum atomic E-state index is 5.79. The van der Waals surface area contributed by atoms with Crippen LogP contribution in [-0.4, -0.2) is 25.8 Å². The number of nitrogens with one attached hydrogen (secondary N) is 1. The first-order chi connectivity index (χ1) is 9.90. The molecule has 0 saturated carbocycles. The van der Waals surface area contributed by atoms with Gasteiger partial charge in [0.05, 0.1) is 19.5 Å². The van der Waals surface area contributed by atoms with Crippen molar-refractivity contribution < 1.29 is 9.47 Å². The topological polar surface area (TPSA) is 30.5 Å². The average Bonchev–Trinajstić information content (AvgIpc) is 2.53. The average molecular weight is 273 g/mol. The quantitative estimate of drug-likeness (QED) is 0.913. The molecule has 2 unspecified atom stereocenters. The monoisotopic (exact) mass is 273 g/mol. The Kier molecular flexibility index (Phi) is 4.26. The number of likely N-dealkylation sites (N-methyl/N-ethyl adjacent to an activating group) is 1. The summed E-state index contributed by atoms with van der Waals surface area (Å²) in [6.07, 6.45) is 5.30. The van der Waals surface area contributed by atoms with Gasteiger partial charge in [-0.2, -0.15) is 0 Å². The van der Waals surface area contributed by atoms with Gasteiger partial charge in [-0.25, -0.2) is 0 Å².